The van der Waals surface area contributed by atoms with E-state index in [1.165, 1.54) is 11.8 Å². The number of carbonyl (C=O) groups is 3. The summed E-state index contributed by atoms with van der Waals surface area (Å²) < 4.78 is 1.89. The molecule has 10 heteroatoms. The standard InChI is InChI=1S/C19H26N6O3S/c1-12(2)11-25-16(10-9-15(20)26)23-24-19(25)29-13(3)17(27)22-18(28)21-14-7-5-4-6-8-14/h4-8,12-13H,9-11H2,1-3H3,(H2,20,26)(H2,21,22,27,28). The second-order valence-corrected chi connectivity index (χ2v) is 8.25. The monoisotopic (exact) mass is 418 g/mol. The van der Waals surface area contributed by atoms with Crippen LogP contribution in [0, 0.1) is 5.92 Å². The molecule has 2 aromatic rings. The Hall–Kier alpha value is -2.88. The molecule has 0 aliphatic heterocycles. The molecule has 156 valence electrons. The van der Waals surface area contributed by atoms with Gasteiger partial charge in [-0.25, -0.2) is 4.79 Å². The van der Waals surface area contributed by atoms with E-state index in [1.54, 1.807) is 31.2 Å². The summed E-state index contributed by atoms with van der Waals surface area (Å²) in [5.41, 5.74) is 5.82. The van der Waals surface area contributed by atoms with Crippen molar-refractivity contribution in [1.82, 2.24) is 20.1 Å². The number of nitrogens with one attached hydrogen (secondary N) is 2. The number of benzene rings is 1. The van der Waals surface area contributed by atoms with Gasteiger partial charge in [-0.1, -0.05) is 43.8 Å². The molecular weight excluding hydrogens is 392 g/mol. The summed E-state index contributed by atoms with van der Waals surface area (Å²) in [7, 11) is 0. The van der Waals surface area contributed by atoms with Gasteiger partial charge in [0, 0.05) is 25.1 Å². The lowest BCUT2D eigenvalue weighted by Gasteiger charge is -2.15. The summed E-state index contributed by atoms with van der Waals surface area (Å²) in [4.78, 5) is 35.5. The van der Waals surface area contributed by atoms with Gasteiger partial charge in [0.05, 0.1) is 5.25 Å². The maximum Gasteiger partial charge on any atom is 0.325 e. The summed E-state index contributed by atoms with van der Waals surface area (Å²) in [6.07, 6.45) is 0.562. The van der Waals surface area contributed by atoms with Crippen LogP contribution in [0.25, 0.3) is 0 Å². The molecule has 0 aliphatic rings. The Morgan fingerprint density at radius 3 is 2.45 bits per heavy atom. The fourth-order valence-corrected chi connectivity index (χ4v) is 3.36. The van der Waals surface area contributed by atoms with Gasteiger partial charge < -0.3 is 15.6 Å². The fraction of sp³-hybridized carbons (Fsp3) is 0.421. The number of primary amides is 1. The largest absolute Gasteiger partial charge is 0.370 e. The molecule has 0 spiro atoms. The van der Waals surface area contributed by atoms with Gasteiger partial charge >= 0.3 is 6.03 Å². The quantitative estimate of drug-likeness (QED) is 0.535. The first-order chi connectivity index (χ1) is 13.8. The number of amides is 4. The lowest BCUT2D eigenvalue weighted by Crippen LogP contribution is -2.39. The molecule has 29 heavy (non-hydrogen) atoms. The average Bonchev–Trinajstić information content (AvgIpc) is 3.01. The van der Waals surface area contributed by atoms with Gasteiger partial charge in [-0.05, 0) is 25.0 Å². The Morgan fingerprint density at radius 2 is 1.83 bits per heavy atom. The highest BCUT2D eigenvalue weighted by Crippen LogP contribution is 2.24. The van der Waals surface area contributed by atoms with Crippen LogP contribution in [0.4, 0.5) is 10.5 Å². The van der Waals surface area contributed by atoms with Crippen molar-refractivity contribution < 1.29 is 14.4 Å². The molecule has 2 rings (SSSR count). The van der Waals surface area contributed by atoms with Crippen LogP contribution in [-0.4, -0.2) is 37.9 Å². The number of carbonyl (C=O) groups excluding carboxylic acids is 3. The molecule has 0 fully saturated rings. The molecule has 4 amide bonds. The first-order valence-corrected chi connectivity index (χ1v) is 10.2. The van der Waals surface area contributed by atoms with Crippen molar-refractivity contribution in [3.8, 4) is 0 Å². The van der Waals surface area contributed by atoms with E-state index in [9.17, 15) is 14.4 Å². The average molecular weight is 419 g/mol. The highest BCUT2D eigenvalue weighted by Gasteiger charge is 2.22. The van der Waals surface area contributed by atoms with Gasteiger partial charge in [0.2, 0.25) is 11.8 Å². The zero-order valence-corrected chi connectivity index (χ0v) is 17.5. The summed E-state index contributed by atoms with van der Waals surface area (Å²) in [6.45, 7) is 6.44. The summed E-state index contributed by atoms with van der Waals surface area (Å²) in [6, 6.07) is 8.26. The van der Waals surface area contributed by atoms with Crippen LogP contribution in [-0.2, 0) is 22.6 Å². The van der Waals surface area contributed by atoms with Crippen LogP contribution in [0.1, 0.15) is 33.0 Å². The number of hydrogen-bond acceptors (Lipinski definition) is 6. The van der Waals surface area contributed by atoms with Gasteiger partial charge in [-0.3, -0.25) is 14.9 Å². The minimum absolute atomic E-state index is 0.177. The Bertz CT molecular complexity index is 853. The van der Waals surface area contributed by atoms with Gasteiger partial charge in [-0.2, -0.15) is 0 Å². The highest BCUT2D eigenvalue weighted by atomic mass is 32.2. The van der Waals surface area contributed by atoms with E-state index in [2.05, 4.69) is 34.7 Å². The lowest BCUT2D eigenvalue weighted by molar-refractivity contribution is -0.119. The number of aromatic nitrogens is 3. The molecule has 0 bridgehead atoms. The van der Waals surface area contributed by atoms with E-state index in [4.69, 9.17) is 5.73 Å². The Morgan fingerprint density at radius 1 is 1.14 bits per heavy atom. The number of imide groups is 1. The molecule has 1 heterocycles. The van der Waals surface area contributed by atoms with Crippen LogP contribution in [0.15, 0.2) is 35.5 Å². The molecule has 0 radical (unpaired) electrons. The number of hydrogen-bond donors (Lipinski definition) is 3. The molecule has 1 aromatic carbocycles. The molecule has 0 saturated carbocycles. The van der Waals surface area contributed by atoms with Crippen LogP contribution < -0.4 is 16.4 Å². The third kappa shape index (κ3) is 7.22. The summed E-state index contributed by atoms with van der Waals surface area (Å²) in [5.74, 6) is 0.115. The molecule has 9 nitrogen and oxygen atoms in total. The van der Waals surface area contributed by atoms with Crippen molar-refractivity contribution in [2.24, 2.45) is 11.7 Å². The summed E-state index contributed by atoms with van der Waals surface area (Å²) >= 11 is 1.20. The molecule has 0 aliphatic carbocycles. The van der Waals surface area contributed by atoms with Crippen molar-refractivity contribution >= 4 is 35.3 Å². The number of thioether (sulfide) groups is 1. The van der Waals surface area contributed by atoms with E-state index in [1.807, 2.05) is 10.6 Å². The van der Waals surface area contributed by atoms with Crippen LogP contribution in [0.5, 0.6) is 0 Å². The van der Waals surface area contributed by atoms with Crippen LogP contribution in [0.2, 0.25) is 0 Å². The lowest BCUT2D eigenvalue weighted by atomic mass is 10.2. The van der Waals surface area contributed by atoms with E-state index in [0.29, 0.717) is 35.6 Å². The van der Waals surface area contributed by atoms with Gasteiger partial charge in [0.15, 0.2) is 5.16 Å². The summed E-state index contributed by atoms with van der Waals surface area (Å²) in [5, 5.41) is 13.2. The topological polar surface area (TPSA) is 132 Å². The normalized spacial score (nSPS) is 11.9. The van der Waals surface area contributed by atoms with E-state index >= 15 is 0 Å². The molecule has 4 N–H and O–H groups in total. The van der Waals surface area contributed by atoms with E-state index in [-0.39, 0.29) is 6.42 Å². The number of anilines is 1. The first kappa shape index (κ1) is 22.4. The fourth-order valence-electron chi connectivity index (χ4n) is 2.48. The number of nitrogens with zero attached hydrogens (tertiary/aromatic N) is 3. The molecule has 1 aromatic heterocycles. The second kappa shape index (κ2) is 10.6. The van der Waals surface area contributed by atoms with E-state index in [0.717, 1.165) is 0 Å². The predicted octanol–water partition coefficient (Wildman–Crippen LogP) is 2.18. The predicted molar refractivity (Wildman–Crippen MR) is 111 cm³/mol. The van der Waals surface area contributed by atoms with Crippen molar-refractivity contribution in [2.45, 2.75) is 50.6 Å². The van der Waals surface area contributed by atoms with Gasteiger partial charge in [-0.15, -0.1) is 10.2 Å². The number of rotatable bonds is 9. The third-order valence-electron chi connectivity index (χ3n) is 3.86. The molecule has 0 saturated heterocycles. The number of nitrogens with two attached hydrogens (primary N) is 1. The number of para-hydroxylation sites is 1. The zero-order chi connectivity index (χ0) is 21.4. The molecule has 1 atom stereocenters. The second-order valence-electron chi connectivity index (χ2n) is 6.94. The maximum atomic E-state index is 12.4. The Kier molecular flexibility index (Phi) is 8.20. The minimum atomic E-state index is -0.598. The van der Waals surface area contributed by atoms with Crippen molar-refractivity contribution in [3.05, 3.63) is 36.2 Å². The van der Waals surface area contributed by atoms with Crippen molar-refractivity contribution in [3.63, 3.8) is 0 Å². The van der Waals surface area contributed by atoms with Gasteiger partial charge in [0.1, 0.15) is 5.82 Å². The van der Waals surface area contributed by atoms with Gasteiger partial charge in [0.25, 0.3) is 0 Å². The van der Waals surface area contributed by atoms with Crippen LogP contribution >= 0.6 is 11.8 Å². The zero-order valence-electron chi connectivity index (χ0n) is 16.7. The Labute approximate surface area is 173 Å². The minimum Gasteiger partial charge on any atom is -0.370 e. The smallest absolute Gasteiger partial charge is 0.325 e. The number of aryl methyl sites for hydroxylation is 1. The molecule has 1 unspecified atom stereocenters. The molecular formula is C19H26N6O3S. The van der Waals surface area contributed by atoms with E-state index < -0.39 is 23.1 Å². The third-order valence-corrected chi connectivity index (χ3v) is 4.94. The first-order valence-electron chi connectivity index (χ1n) is 9.30. The van der Waals surface area contributed by atoms with Crippen molar-refractivity contribution in [1.29, 1.82) is 0 Å². The number of urea groups is 1. The SMILES string of the molecule is CC(C)Cn1c(CCC(N)=O)nnc1SC(C)C(=O)NC(=O)Nc1ccccc1. The highest BCUT2D eigenvalue weighted by molar-refractivity contribution is 8.00. The maximum absolute atomic E-state index is 12.4. The van der Waals surface area contributed by atoms with Crippen molar-refractivity contribution in [2.75, 3.05) is 5.32 Å². The Balaban J connectivity index is 2.00. The van der Waals surface area contributed by atoms with Crippen LogP contribution in [0.3, 0.4) is 0 Å².